The van der Waals surface area contributed by atoms with E-state index >= 15 is 0 Å². The van der Waals surface area contributed by atoms with Crippen LogP contribution in [0.2, 0.25) is 5.02 Å². The van der Waals surface area contributed by atoms with E-state index < -0.39 is 0 Å². The van der Waals surface area contributed by atoms with Gasteiger partial charge in [0, 0.05) is 18.1 Å². The third-order valence-electron chi connectivity index (χ3n) is 4.30. The van der Waals surface area contributed by atoms with Gasteiger partial charge in [0.15, 0.2) is 0 Å². The molecule has 104 valence electrons. The van der Waals surface area contributed by atoms with Gasteiger partial charge < -0.3 is 10.0 Å². The van der Waals surface area contributed by atoms with E-state index in [4.69, 9.17) is 11.6 Å². The second kappa shape index (κ2) is 5.41. The van der Waals surface area contributed by atoms with Crippen LogP contribution >= 0.6 is 11.6 Å². The quantitative estimate of drug-likeness (QED) is 0.898. The Kier molecular flexibility index (Phi) is 4.04. The minimum Gasteiger partial charge on any atom is -0.507 e. The van der Waals surface area contributed by atoms with Crippen molar-refractivity contribution < 1.29 is 9.90 Å². The first-order valence-electron chi connectivity index (χ1n) is 6.73. The van der Waals surface area contributed by atoms with Crippen molar-refractivity contribution in [3.8, 4) is 5.75 Å². The average Bonchev–Trinajstić information content (AvgIpc) is 2.42. The summed E-state index contributed by atoms with van der Waals surface area (Å²) in [5.41, 5.74) is 0.639. The second-order valence-corrected chi connectivity index (χ2v) is 6.05. The van der Waals surface area contributed by atoms with E-state index in [0.29, 0.717) is 16.0 Å². The van der Waals surface area contributed by atoms with Crippen LogP contribution < -0.4 is 0 Å². The van der Waals surface area contributed by atoms with Gasteiger partial charge in [0.2, 0.25) is 0 Å². The third kappa shape index (κ3) is 3.03. The van der Waals surface area contributed by atoms with Crippen molar-refractivity contribution in [1.29, 1.82) is 0 Å². The van der Waals surface area contributed by atoms with Gasteiger partial charge in [0.25, 0.3) is 5.91 Å². The van der Waals surface area contributed by atoms with Crippen LogP contribution in [0.4, 0.5) is 0 Å². The molecule has 0 bridgehead atoms. The fraction of sp³-hybridized carbons (Fsp3) is 0.533. The molecule has 1 saturated heterocycles. The average molecular weight is 282 g/mol. The number of carbonyl (C=O) groups is 1. The molecule has 1 aliphatic heterocycles. The zero-order valence-electron chi connectivity index (χ0n) is 11.4. The standard InChI is InChI=1S/C15H20ClNO2/c1-3-15(2)6-8-17(9-7-15)14(19)12-10-11(16)4-5-13(12)18/h4-5,10,18H,3,6-9H2,1-2H3. The molecule has 1 aliphatic rings. The van der Waals surface area contributed by atoms with E-state index in [0.717, 1.165) is 32.4 Å². The van der Waals surface area contributed by atoms with Crippen molar-refractivity contribution in [1.82, 2.24) is 4.90 Å². The van der Waals surface area contributed by atoms with Crippen LogP contribution in [0.5, 0.6) is 5.75 Å². The number of piperidine rings is 1. The molecule has 3 nitrogen and oxygen atoms in total. The van der Waals surface area contributed by atoms with Gasteiger partial charge in [-0.2, -0.15) is 0 Å². The Morgan fingerprint density at radius 2 is 2.05 bits per heavy atom. The molecule has 1 aromatic rings. The number of hydrogen-bond donors (Lipinski definition) is 1. The van der Waals surface area contributed by atoms with Gasteiger partial charge in [-0.15, -0.1) is 0 Å². The van der Waals surface area contributed by atoms with Crippen LogP contribution in [0.15, 0.2) is 18.2 Å². The van der Waals surface area contributed by atoms with Crippen molar-refractivity contribution >= 4 is 17.5 Å². The Balaban J connectivity index is 2.11. The molecule has 0 saturated carbocycles. The number of nitrogens with zero attached hydrogens (tertiary/aromatic N) is 1. The number of aromatic hydroxyl groups is 1. The number of benzene rings is 1. The fourth-order valence-corrected chi connectivity index (χ4v) is 2.63. The van der Waals surface area contributed by atoms with Crippen LogP contribution in [-0.4, -0.2) is 29.0 Å². The van der Waals surface area contributed by atoms with E-state index in [-0.39, 0.29) is 11.7 Å². The van der Waals surface area contributed by atoms with Crippen LogP contribution in [0.3, 0.4) is 0 Å². The molecule has 1 N–H and O–H groups in total. The molecule has 0 radical (unpaired) electrons. The third-order valence-corrected chi connectivity index (χ3v) is 4.54. The van der Waals surface area contributed by atoms with Crippen molar-refractivity contribution in [3.63, 3.8) is 0 Å². The number of hydrogen-bond acceptors (Lipinski definition) is 2. The number of phenolic OH excluding ortho intramolecular Hbond substituents is 1. The zero-order chi connectivity index (χ0) is 14.0. The highest BCUT2D eigenvalue weighted by Crippen LogP contribution is 2.35. The van der Waals surface area contributed by atoms with Crippen molar-refractivity contribution in [3.05, 3.63) is 28.8 Å². The Morgan fingerprint density at radius 3 is 2.63 bits per heavy atom. The number of carbonyl (C=O) groups excluding carboxylic acids is 1. The van der Waals surface area contributed by atoms with E-state index in [1.165, 1.54) is 12.1 Å². The first kappa shape index (κ1) is 14.2. The van der Waals surface area contributed by atoms with Crippen LogP contribution in [-0.2, 0) is 0 Å². The Morgan fingerprint density at radius 1 is 1.42 bits per heavy atom. The highest BCUT2D eigenvalue weighted by Gasteiger charge is 2.31. The Hall–Kier alpha value is -1.22. The topological polar surface area (TPSA) is 40.5 Å². The predicted octanol–water partition coefficient (Wildman–Crippen LogP) is 3.70. The molecule has 1 aromatic carbocycles. The normalized spacial score (nSPS) is 18.4. The smallest absolute Gasteiger partial charge is 0.257 e. The Labute approximate surface area is 119 Å². The maximum Gasteiger partial charge on any atom is 0.257 e. The molecule has 0 unspecified atom stereocenters. The van der Waals surface area contributed by atoms with E-state index in [1.807, 2.05) is 4.90 Å². The molecule has 4 heteroatoms. The lowest BCUT2D eigenvalue weighted by Gasteiger charge is -2.39. The predicted molar refractivity (Wildman–Crippen MR) is 76.7 cm³/mol. The van der Waals surface area contributed by atoms with Crippen LogP contribution in [0, 0.1) is 5.41 Å². The van der Waals surface area contributed by atoms with Crippen molar-refractivity contribution in [2.24, 2.45) is 5.41 Å². The maximum atomic E-state index is 12.4. The molecular weight excluding hydrogens is 262 g/mol. The van der Waals surface area contributed by atoms with Gasteiger partial charge in [-0.1, -0.05) is 31.9 Å². The zero-order valence-corrected chi connectivity index (χ0v) is 12.2. The molecular formula is C15H20ClNO2. The van der Waals surface area contributed by atoms with Crippen LogP contribution in [0.1, 0.15) is 43.5 Å². The number of likely N-dealkylation sites (tertiary alicyclic amines) is 1. The van der Waals surface area contributed by atoms with Gasteiger partial charge in [-0.25, -0.2) is 0 Å². The summed E-state index contributed by atoms with van der Waals surface area (Å²) in [6, 6.07) is 4.58. The number of halogens is 1. The molecule has 1 heterocycles. The van der Waals surface area contributed by atoms with Crippen molar-refractivity contribution in [2.45, 2.75) is 33.1 Å². The molecule has 1 amide bonds. The summed E-state index contributed by atoms with van der Waals surface area (Å²) in [5, 5.41) is 10.2. The first-order valence-corrected chi connectivity index (χ1v) is 7.11. The lowest BCUT2D eigenvalue weighted by atomic mass is 9.78. The molecule has 2 rings (SSSR count). The monoisotopic (exact) mass is 281 g/mol. The van der Waals surface area contributed by atoms with Gasteiger partial charge in [0.05, 0.1) is 5.56 Å². The van der Waals surface area contributed by atoms with Gasteiger partial charge >= 0.3 is 0 Å². The first-order chi connectivity index (χ1) is 8.95. The minimum absolute atomic E-state index is 0.00164. The summed E-state index contributed by atoms with van der Waals surface area (Å²) >= 11 is 5.89. The lowest BCUT2D eigenvalue weighted by Crippen LogP contribution is -2.41. The van der Waals surface area contributed by atoms with Gasteiger partial charge in [0.1, 0.15) is 5.75 Å². The molecule has 0 spiro atoms. The minimum atomic E-state index is -0.127. The highest BCUT2D eigenvalue weighted by molar-refractivity contribution is 6.31. The van der Waals surface area contributed by atoms with Gasteiger partial charge in [-0.05, 0) is 36.5 Å². The lowest BCUT2D eigenvalue weighted by molar-refractivity contribution is 0.0597. The molecule has 0 aliphatic carbocycles. The summed E-state index contributed by atoms with van der Waals surface area (Å²) in [4.78, 5) is 14.2. The summed E-state index contributed by atoms with van der Waals surface area (Å²) in [6.45, 7) is 5.95. The number of phenols is 1. The molecule has 0 aromatic heterocycles. The largest absolute Gasteiger partial charge is 0.507 e. The summed E-state index contributed by atoms with van der Waals surface area (Å²) in [7, 11) is 0. The van der Waals surface area contributed by atoms with E-state index in [9.17, 15) is 9.90 Å². The van der Waals surface area contributed by atoms with E-state index in [2.05, 4.69) is 13.8 Å². The summed E-state index contributed by atoms with van der Waals surface area (Å²) < 4.78 is 0. The highest BCUT2D eigenvalue weighted by atomic mass is 35.5. The maximum absolute atomic E-state index is 12.4. The van der Waals surface area contributed by atoms with Crippen LogP contribution in [0.25, 0.3) is 0 Å². The summed E-state index contributed by atoms with van der Waals surface area (Å²) in [6.07, 6.45) is 3.16. The molecule has 0 atom stereocenters. The number of rotatable bonds is 2. The van der Waals surface area contributed by atoms with Crippen molar-refractivity contribution in [2.75, 3.05) is 13.1 Å². The molecule has 19 heavy (non-hydrogen) atoms. The SMILES string of the molecule is CCC1(C)CCN(C(=O)c2cc(Cl)ccc2O)CC1. The summed E-state index contributed by atoms with van der Waals surface area (Å²) in [5.74, 6) is -0.128. The van der Waals surface area contributed by atoms with E-state index in [1.54, 1.807) is 6.07 Å². The molecule has 1 fully saturated rings. The Bertz CT molecular complexity index is 479. The fourth-order valence-electron chi connectivity index (χ4n) is 2.45. The second-order valence-electron chi connectivity index (χ2n) is 5.62. The van der Waals surface area contributed by atoms with Gasteiger partial charge in [-0.3, -0.25) is 4.79 Å². The number of amides is 1.